The quantitative estimate of drug-likeness (QED) is 0.480. The van der Waals surface area contributed by atoms with Gasteiger partial charge in [0.1, 0.15) is 0 Å². The van der Waals surface area contributed by atoms with E-state index in [1.165, 1.54) is 29.4 Å². The number of halogens is 4. The van der Waals surface area contributed by atoms with E-state index in [0.717, 1.165) is 10.6 Å². The third-order valence-electron chi connectivity index (χ3n) is 5.28. The number of nitrogen functional groups attached to an aromatic ring is 1. The number of anilines is 1. The Morgan fingerprint density at radius 2 is 1.97 bits per heavy atom. The van der Waals surface area contributed by atoms with Gasteiger partial charge in [0.05, 0.1) is 30.2 Å². The molecule has 0 aliphatic carbocycles. The lowest BCUT2D eigenvalue weighted by Gasteiger charge is -2.34. The summed E-state index contributed by atoms with van der Waals surface area (Å²) < 4.78 is 40.8. The third kappa shape index (κ3) is 4.29. The molecule has 0 saturated heterocycles. The Bertz CT molecular complexity index is 1370. The number of carbonyl (C=O) groups is 1. The Kier molecular flexibility index (Phi) is 5.86. The highest BCUT2D eigenvalue weighted by Gasteiger charge is 2.35. The van der Waals surface area contributed by atoms with E-state index in [0.29, 0.717) is 16.9 Å². The van der Waals surface area contributed by atoms with Crippen molar-refractivity contribution in [2.24, 2.45) is 0 Å². The highest BCUT2D eigenvalue weighted by Crippen LogP contribution is 2.36. The molecule has 172 valence electrons. The van der Waals surface area contributed by atoms with Crippen LogP contribution in [-0.4, -0.2) is 36.4 Å². The van der Waals surface area contributed by atoms with Crippen molar-refractivity contribution >= 4 is 39.7 Å². The molecule has 3 N–H and O–H groups in total. The summed E-state index contributed by atoms with van der Waals surface area (Å²) in [5, 5.41) is 0. The lowest BCUT2D eigenvalue weighted by molar-refractivity contribution is -0.138. The van der Waals surface area contributed by atoms with Crippen LogP contribution in [0.1, 0.15) is 34.1 Å². The molecular weight excluding hydrogens is 525 g/mol. The van der Waals surface area contributed by atoms with E-state index in [4.69, 9.17) is 18.0 Å². The minimum absolute atomic E-state index is 0.0188. The maximum absolute atomic E-state index is 13.3. The molecule has 33 heavy (non-hydrogen) atoms. The highest BCUT2D eigenvalue weighted by molar-refractivity contribution is 9.10. The number of H-pyrrole nitrogens is 1. The fraction of sp³-hybridized carbons (Fsp3) is 0.250. The molecule has 1 amide bonds. The topological polar surface area (TPSA) is 110 Å². The number of carbonyl (C=O) groups excluding carboxylic acids is 1. The van der Waals surface area contributed by atoms with Gasteiger partial charge in [-0.25, -0.2) is 14.5 Å². The summed E-state index contributed by atoms with van der Waals surface area (Å²) in [4.78, 5) is 38.6. The molecule has 1 aliphatic rings. The molecule has 0 saturated carbocycles. The maximum Gasteiger partial charge on any atom is 0.417 e. The number of hydrogen-bond acceptors (Lipinski definition) is 6. The average Bonchev–Trinajstić information content (AvgIpc) is 2.74. The molecule has 0 spiro atoms. The zero-order valence-electron chi connectivity index (χ0n) is 17.0. The number of nitrogens with two attached hydrogens (primary N) is 1. The van der Waals surface area contributed by atoms with Crippen LogP contribution in [0.5, 0.6) is 0 Å². The van der Waals surface area contributed by atoms with Crippen LogP contribution >= 0.6 is 28.1 Å². The first-order valence-electron chi connectivity index (χ1n) is 9.60. The van der Waals surface area contributed by atoms with Gasteiger partial charge in [-0.3, -0.25) is 9.59 Å². The number of hydrogen-bond donors (Lipinski definition) is 2. The van der Waals surface area contributed by atoms with Gasteiger partial charge in [0, 0.05) is 27.3 Å². The van der Waals surface area contributed by atoms with E-state index < -0.39 is 29.2 Å². The molecule has 0 fully saturated rings. The molecule has 1 atom stereocenters. The van der Waals surface area contributed by atoms with Crippen molar-refractivity contribution in [3.05, 3.63) is 72.6 Å². The number of nitrogens with zero attached hydrogens (tertiary/aromatic N) is 4. The van der Waals surface area contributed by atoms with E-state index in [-0.39, 0.29) is 33.7 Å². The van der Waals surface area contributed by atoms with Crippen LogP contribution in [0.3, 0.4) is 0 Å². The average molecular weight is 541 g/mol. The molecule has 1 aliphatic heterocycles. The molecule has 1 unspecified atom stereocenters. The van der Waals surface area contributed by atoms with Crippen molar-refractivity contribution in [3.8, 4) is 5.95 Å². The molecule has 1 aromatic carbocycles. The molecular formula is C20H16BrF3N6O2S. The Morgan fingerprint density at radius 1 is 1.30 bits per heavy atom. The van der Waals surface area contributed by atoms with Gasteiger partial charge in [-0.15, -0.1) is 0 Å². The van der Waals surface area contributed by atoms with Crippen LogP contribution in [-0.2, 0) is 19.1 Å². The minimum Gasteiger partial charge on any atom is -0.396 e. The third-order valence-corrected chi connectivity index (χ3v) is 6.26. The second-order valence-corrected chi connectivity index (χ2v) is 8.76. The molecule has 0 radical (unpaired) electrons. The number of benzene rings is 1. The van der Waals surface area contributed by atoms with E-state index in [1.807, 2.05) is 0 Å². The van der Waals surface area contributed by atoms with Gasteiger partial charge in [0.25, 0.3) is 11.5 Å². The zero-order valence-corrected chi connectivity index (χ0v) is 19.4. The van der Waals surface area contributed by atoms with Crippen molar-refractivity contribution in [3.63, 3.8) is 0 Å². The van der Waals surface area contributed by atoms with Crippen LogP contribution in [0.15, 0.2) is 39.9 Å². The first-order chi connectivity index (χ1) is 15.5. The second kappa shape index (κ2) is 8.37. The lowest BCUT2D eigenvalue weighted by atomic mass is 9.98. The fourth-order valence-electron chi connectivity index (χ4n) is 3.64. The van der Waals surface area contributed by atoms with E-state index in [1.54, 1.807) is 6.92 Å². The second-order valence-electron chi connectivity index (χ2n) is 7.52. The Balaban J connectivity index is 1.71. The Hall–Kier alpha value is -3.06. The molecule has 2 aromatic heterocycles. The summed E-state index contributed by atoms with van der Waals surface area (Å²) in [5.41, 5.74) is 5.25. The first-order valence-corrected chi connectivity index (χ1v) is 10.8. The van der Waals surface area contributed by atoms with E-state index >= 15 is 0 Å². The molecule has 3 aromatic rings. The zero-order chi connectivity index (χ0) is 24.1. The Labute approximate surface area is 198 Å². The van der Waals surface area contributed by atoms with Gasteiger partial charge in [-0.05, 0) is 43.8 Å². The smallest absolute Gasteiger partial charge is 0.396 e. The number of nitrogens with one attached hydrogen (secondary N) is 1. The molecule has 13 heteroatoms. The first kappa shape index (κ1) is 23.1. The lowest BCUT2D eigenvalue weighted by Crippen LogP contribution is -2.46. The van der Waals surface area contributed by atoms with Crippen LogP contribution in [0.4, 0.5) is 18.9 Å². The predicted octanol–water partition coefficient (Wildman–Crippen LogP) is 3.64. The highest BCUT2D eigenvalue weighted by atomic mass is 79.9. The van der Waals surface area contributed by atoms with Gasteiger partial charge < -0.3 is 15.6 Å². The van der Waals surface area contributed by atoms with Gasteiger partial charge in [-0.1, -0.05) is 15.9 Å². The van der Waals surface area contributed by atoms with Gasteiger partial charge in [0.2, 0.25) is 5.95 Å². The van der Waals surface area contributed by atoms with Gasteiger partial charge >= 0.3 is 6.18 Å². The van der Waals surface area contributed by atoms with E-state index in [9.17, 15) is 22.8 Å². The number of rotatable bonds is 2. The standard InChI is InChI=1S/C20H16BrF3N6O2S/c1-9-4-12-15(28-19(33)30(17(12)32)18-26-6-11(25)7-27-18)8-29(9)16(31)10-2-3-14(21)13(5-10)20(22,23)24/h2-3,5-7,9H,4,8,25H2,1H3,(H,28,33). The van der Waals surface area contributed by atoms with Crippen LogP contribution in [0.2, 0.25) is 0 Å². The molecule has 4 rings (SSSR count). The Morgan fingerprint density at radius 3 is 2.61 bits per heavy atom. The van der Waals surface area contributed by atoms with Crippen molar-refractivity contribution in [1.29, 1.82) is 0 Å². The van der Waals surface area contributed by atoms with Crippen molar-refractivity contribution in [2.75, 3.05) is 5.73 Å². The minimum atomic E-state index is -4.62. The largest absolute Gasteiger partial charge is 0.417 e. The van der Waals surface area contributed by atoms with Crippen LogP contribution in [0, 0.1) is 4.77 Å². The molecule has 3 heterocycles. The number of amides is 1. The van der Waals surface area contributed by atoms with Crippen LogP contribution < -0.4 is 11.3 Å². The van der Waals surface area contributed by atoms with Gasteiger partial charge in [0.15, 0.2) is 4.77 Å². The summed E-state index contributed by atoms with van der Waals surface area (Å²) >= 11 is 8.18. The SMILES string of the molecule is CC1Cc2c([nH]c(=S)n(-c3ncc(N)cn3)c2=O)CN1C(=O)c1ccc(Br)c(C(F)(F)F)c1. The number of fused-ring (bicyclic) bond motifs is 1. The number of aromatic amines is 1. The summed E-state index contributed by atoms with van der Waals surface area (Å²) in [6, 6.07) is 2.87. The summed E-state index contributed by atoms with van der Waals surface area (Å²) in [6.45, 7) is 1.70. The number of aromatic nitrogens is 4. The predicted molar refractivity (Wildman–Crippen MR) is 119 cm³/mol. The van der Waals surface area contributed by atoms with Crippen molar-refractivity contribution < 1.29 is 18.0 Å². The normalized spacial score (nSPS) is 15.9. The number of alkyl halides is 3. The monoisotopic (exact) mass is 540 g/mol. The summed E-state index contributed by atoms with van der Waals surface area (Å²) in [7, 11) is 0. The fourth-order valence-corrected chi connectivity index (χ4v) is 4.39. The van der Waals surface area contributed by atoms with Gasteiger partial charge in [-0.2, -0.15) is 13.2 Å². The summed E-state index contributed by atoms with van der Waals surface area (Å²) in [6.07, 6.45) is -1.75. The van der Waals surface area contributed by atoms with Crippen molar-refractivity contribution in [1.82, 2.24) is 24.4 Å². The van der Waals surface area contributed by atoms with Crippen LogP contribution in [0.25, 0.3) is 5.95 Å². The molecule has 0 bridgehead atoms. The van der Waals surface area contributed by atoms with Crippen molar-refractivity contribution in [2.45, 2.75) is 32.1 Å². The summed E-state index contributed by atoms with van der Waals surface area (Å²) in [5.74, 6) is -0.532. The maximum atomic E-state index is 13.3. The molecule has 8 nitrogen and oxygen atoms in total. The van der Waals surface area contributed by atoms with E-state index in [2.05, 4.69) is 30.9 Å².